The Balaban J connectivity index is 1.70. The fourth-order valence-electron chi connectivity index (χ4n) is 2.53. The number of aromatic nitrogens is 1. The van der Waals surface area contributed by atoms with Crippen LogP contribution in [-0.4, -0.2) is 24.6 Å². The van der Waals surface area contributed by atoms with Crippen LogP contribution in [0.5, 0.6) is 11.5 Å². The molecule has 0 aliphatic carbocycles. The van der Waals surface area contributed by atoms with Crippen LogP contribution in [0, 0.1) is 0 Å². The predicted molar refractivity (Wildman–Crippen MR) is 108 cm³/mol. The molecule has 0 aliphatic heterocycles. The van der Waals surface area contributed by atoms with E-state index in [1.165, 1.54) is 11.3 Å². The third kappa shape index (κ3) is 4.78. The van der Waals surface area contributed by atoms with Crippen LogP contribution < -0.4 is 14.8 Å². The number of benzene rings is 2. The third-order valence-electron chi connectivity index (χ3n) is 3.82. The summed E-state index contributed by atoms with van der Waals surface area (Å²) in [6.07, 6.45) is 2.42. The number of amides is 1. The number of ether oxygens (including phenoxy) is 2. The summed E-state index contributed by atoms with van der Waals surface area (Å²) in [5, 5.41) is 4.08. The summed E-state index contributed by atoms with van der Waals surface area (Å²) < 4.78 is 10.8. The van der Waals surface area contributed by atoms with E-state index in [0.29, 0.717) is 35.2 Å². The summed E-state index contributed by atoms with van der Waals surface area (Å²) in [5.41, 5.74) is 1.50. The van der Waals surface area contributed by atoms with Crippen LogP contribution in [0.25, 0.3) is 0 Å². The molecule has 3 aromatic rings. The number of anilines is 1. The number of hydrogen-bond donors (Lipinski definition) is 1. The van der Waals surface area contributed by atoms with E-state index in [1.54, 1.807) is 31.5 Å². The average Bonchev–Trinajstić information content (AvgIpc) is 3.11. The standard InChI is InChI=1S/C20H19ClN2O3S/c1-3-26-17-9-8-14(11-18(17)25-2)19(24)23-20-22-12-15(27-20)10-13-6-4-5-7-16(13)21/h4-9,11-12H,3,10H2,1-2H3,(H,22,23,24). The first kappa shape index (κ1) is 19.2. The van der Waals surface area contributed by atoms with Crippen LogP contribution in [-0.2, 0) is 6.42 Å². The maximum atomic E-state index is 12.5. The summed E-state index contributed by atoms with van der Waals surface area (Å²) in [5.74, 6) is 0.867. The second-order valence-electron chi connectivity index (χ2n) is 5.65. The van der Waals surface area contributed by atoms with E-state index >= 15 is 0 Å². The first-order valence-corrected chi connectivity index (χ1v) is 9.60. The molecule has 0 saturated heterocycles. The fourth-order valence-corrected chi connectivity index (χ4v) is 3.56. The smallest absolute Gasteiger partial charge is 0.257 e. The highest BCUT2D eigenvalue weighted by Gasteiger charge is 2.13. The van der Waals surface area contributed by atoms with Gasteiger partial charge in [-0.25, -0.2) is 4.98 Å². The Hall–Kier alpha value is -2.57. The predicted octanol–water partition coefficient (Wildman–Crippen LogP) is 5.05. The molecule has 1 heterocycles. The maximum absolute atomic E-state index is 12.5. The highest BCUT2D eigenvalue weighted by Crippen LogP contribution is 2.29. The lowest BCUT2D eigenvalue weighted by molar-refractivity contribution is 0.102. The number of thiazole rings is 1. The highest BCUT2D eigenvalue weighted by molar-refractivity contribution is 7.15. The number of rotatable bonds is 7. The van der Waals surface area contributed by atoms with Crippen molar-refractivity contribution in [2.75, 3.05) is 19.0 Å². The van der Waals surface area contributed by atoms with Gasteiger partial charge in [0.15, 0.2) is 16.6 Å². The van der Waals surface area contributed by atoms with Gasteiger partial charge < -0.3 is 9.47 Å². The van der Waals surface area contributed by atoms with E-state index in [-0.39, 0.29) is 5.91 Å². The number of halogens is 1. The summed E-state index contributed by atoms with van der Waals surface area (Å²) in [6.45, 7) is 2.41. The van der Waals surface area contributed by atoms with Gasteiger partial charge in [-0.05, 0) is 36.8 Å². The SMILES string of the molecule is CCOc1ccc(C(=O)Nc2ncc(Cc3ccccc3Cl)s2)cc1OC. The minimum absolute atomic E-state index is 0.255. The van der Waals surface area contributed by atoms with Gasteiger partial charge in [-0.2, -0.15) is 0 Å². The van der Waals surface area contributed by atoms with E-state index in [9.17, 15) is 4.79 Å². The Morgan fingerprint density at radius 3 is 2.78 bits per heavy atom. The normalized spacial score (nSPS) is 10.5. The molecule has 140 valence electrons. The van der Waals surface area contributed by atoms with Gasteiger partial charge in [-0.15, -0.1) is 11.3 Å². The largest absolute Gasteiger partial charge is 0.493 e. The molecule has 1 N–H and O–H groups in total. The summed E-state index contributed by atoms with van der Waals surface area (Å²) in [4.78, 5) is 17.8. The quantitative estimate of drug-likeness (QED) is 0.601. The fraction of sp³-hybridized carbons (Fsp3) is 0.200. The first-order chi connectivity index (χ1) is 13.1. The molecule has 2 aromatic carbocycles. The van der Waals surface area contributed by atoms with Crippen LogP contribution in [0.4, 0.5) is 5.13 Å². The van der Waals surface area contributed by atoms with Crippen molar-refractivity contribution in [3.63, 3.8) is 0 Å². The Morgan fingerprint density at radius 1 is 1.22 bits per heavy atom. The zero-order valence-corrected chi connectivity index (χ0v) is 16.6. The number of nitrogens with one attached hydrogen (secondary N) is 1. The summed E-state index contributed by atoms with van der Waals surface area (Å²) >= 11 is 7.62. The average molecular weight is 403 g/mol. The summed E-state index contributed by atoms with van der Waals surface area (Å²) in [6, 6.07) is 12.8. The molecule has 0 saturated carbocycles. The molecule has 0 fully saturated rings. The maximum Gasteiger partial charge on any atom is 0.257 e. The van der Waals surface area contributed by atoms with Crippen LogP contribution in [0.15, 0.2) is 48.7 Å². The Bertz CT molecular complexity index is 942. The van der Waals surface area contributed by atoms with Gasteiger partial charge in [0.25, 0.3) is 5.91 Å². The van der Waals surface area contributed by atoms with Gasteiger partial charge >= 0.3 is 0 Å². The van der Waals surface area contributed by atoms with E-state index in [1.807, 2.05) is 31.2 Å². The van der Waals surface area contributed by atoms with Crippen molar-refractivity contribution in [2.24, 2.45) is 0 Å². The van der Waals surface area contributed by atoms with Gasteiger partial charge in [-0.3, -0.25) is 10.1 Å². The van der Waals surface area contributed by atoms with Crippen molar-refractivity contribution in [1.82, 2.24) is 4.98 Å². The van der Waals surface area contributed by atoms with Gasteiger partial charge in [-0.1, -0.05) is 29.8 Å². The highest BCUT2D eigenvalue weighted by atomic mass is 35.5. The van der Waals surface area contributed by atoms with Gasteiger partial charge in [0.1, 0.15) is 0 Å². The summed E-state index contributed by atoms with van der Waals surface area (Å²) in [7, 11) is 1.54. The lowest BCUT2D eigenvalue weighted by atomic mass is 10.1. The minimum atomic E-state index is -0.255. The van der Waals surface area contributed by atoms with E-state index in [0.717, 1.165) is 15.5 Å². The van der Waals surface area contributed by atoms with Crippen molar-refractivity contribution in [1.29, 1.82) is 0 Å². The van der Waals surface area contributed by atoms with Gasteiger partial charge in [0.2, 0.25) is 0 Å². The minimum Gasteiger partial charge on any atom is -0.493 e. The molecule has 27 heavy (non-hydrogen) atoms. The number of hydrogen-bond acceptors (Lipinski definition) is 5. The van der Waals surface area contributed by atoms with Crippen LogP contribution in [0.3, 0.4) is 0 Å². The molecular formula is C20H19ClN2O3S. The number of carbonyl (C=O) groups is 1. The van der Waals surface area contributed by atoms with E-state index < -0.39 is 0 Å². The molecule has 0 radical (unpaired) electrons. The molecule has 0 aliphatic rings. The molecule has 0 spiro atoms. The van der Waals surface area contributed by atoms with Gasteiger partial charge in [0.05, 0.1) is 13.7 Å². The third-order valence-corrected chi connectivity index (χ3v) is 5.10. The molecule has 0 bridgehead atoms. The first-order valence-electron chi connectivity index (χ1n) is 8.41. The zero-order valence-electron chi connectivity index (χ0n) is 15.0. The van der Waals surface area contributed by atoms with Crippen molar-refractivity contribution in [3.05, 3.63) is 69.7 Å². The number of nitrogens with zero attached hydrogens (tertiary/aromatic N) is 1. The van der Waals surface area contributed by atoms with Crippen molar-refractivity contribution < 1.29 is 14.3 Å². The molecule has 1 aromatic heterocycles. The Labute approximate surface area is 166 Å². The topological polar surface area (TPSA) is 60.5 Å². The Morgan fingerprint density at radius 2 is 2.04 bits per heavy atom. The van der Waals surface area contributed by atoms with Crippen molar-refractivity contribution in [2.45, 2.75) is 13.3 Å². The van der Waals surface area contributed by atoms with E-state index in [4.69, 9.17) is 21.1 Å². The number of methoxy groups -OCH3 is 1. The zero-order chi connectivity index (χ0) is 19.2. The van der Waals surface area contributed by atoms with Crippen molar-refractivity contribution in [3.8, 4) is 11.5 Å². The molecule has 5 nitrogen and oxygen atoms in total. The Kier molecular flexibility index (Phi) is 6.32. The van der Waals surface area contributed by atoms with Crippen LogP contribution in [0.2, 0.25) is 5.02 Å². The molecule has 7 heteroatoms. The second-order valence-corrected chi connectivity index (χ2v) is 7.18. The number of carbonyl (C=O) groups excluding carboxylic acids is 1. The lowest BCUT2D eigenvalue weighted by Crippen LogP contribution is -2.12. The molecule has 0 unspecified atom stereocenters. The monoisotopic (exact) mass is 402 g/mol. The molecule has 1 amide bonds. The van der Waals surface area contributed by atoms with Crippen LogP contribution in [0.1, 0.15) is 27.7 Å². The second kappa shape index (κ2) is 8.88. The van der Waals surface area contributed by atoms with Gasteiger partial charge in [0, 0.05) is 28.1 Å². The lowest BCUT2D eigenvalue weighted by Gasteiger charge is -2.10. The molecule has 3 rings (SSSR count). The van der Waals surface area contributed by atoms with Crippen LogP contribution >= 0.6 is 22.9 Å². The molecule has 0 atom stereocenters. The van der Waals surface area contributed by atoms with Crippen molar-refractivity contribution >= 4 is 34.0 Å². The molecular weight excluding hydrogens is 384 g/mol. The van der Waals surface area contributed by atoms with E-state index in [2.05, 4.69) is 10.3 Å².